The van der Waals surface area contributed by atoms with Crippen LogP contribution in [0.4, 0.5) is 0 Å². The van der Waals surface area contributed by atoms with Gasteiger partial charge in [-0.05, 0) is 113 Å². The van der Waals surface area contributed by atoms with Crippen molar-refractivity contribution in [1.82, 2.24) is 30.6 Å². The van der Waals surface area contributed by atoms with Gasteiger partial charge in [-0.1, -0.05) is 49.0 Å². The number of carboxylic acid groups (broad SMARTS) is 2. The molecule has 5 fully saturated rings. The van der Waals surface area contributed by atoms with E-state index in [-0.39, 0.29) is 63.1 Å². The Morgan fingerprint density at radius 2 is 1.80 bits per heavy atom. The number of nitrogens with zero attached hydrogens (tertiary/aromatic N) is 4. The quantitative estimate of drug-likeness (QED) is 0.0540. The molecule has 1 saturated heterocycles. The Hall–Kier alpha value is -5.17. The second-order valence-electron chi connectivity index (χ2n) is 19.5. The molecule has 7 atom stereocenters. The molecule has 8 aliphatic rings. The number of hydrogen-bond donors (Lipinski definition) is 7. The first-order chi connectivity index (χ1) is 30.5. The summed E-state index contributed by atoms with van der Waals surface area (Å²) in [5, 5.41) is 49.7. The second kappa shape index (κ2) is 16.4. The van der Waals surface area contributed by atoms with Crippen LogP contribution < -0.4 is 27.1 Å². The molecule has 5 aliphatic carbocycles. The molecule has 19 heteroatoms. The van der Waals surface area contributed by atoms with Crippen molar-refractivity contribution in [1.29, 1.82) is 0 Å². The van der Waals surface area contributed by atoms with Crippen molar-refractivity contribution in [2.45, 2.75) is 140 Å². The number of aryl methyl sites for hydroxylation is 1. The number of aromatic nitrogens is 2. The maximum absolute atomic E-state index is 14.1. The molecule has 9 rings (SSSR count). The first kappa shape index (κ1) is 44.1. The Labute approximate surface area is 374 Å². The number of fused-ring (bicyclic) bond motifs is 2. The summed E-state index contributed by atoms with van der Waals surface area (Å²) in [6, 6.07) is -1.01. The van der Waals surface area contributed by atoms with Crippen LogP contribution in [0.2, 0.25) is 0 Å². The Morgan fingerprint density at radius 1 is 1.08 bits per heavy atom. The van der Waals surface area contributed by atoms with E-state index in [1.807, 2.05) is 6.92 Å². The van der Waals surface area contributed by atoms with Crippen LogP contribution in [-0.4, -0.2) is 94.6 Å². The van der Waals surface area contributed by atoms with Crippen molar-refractivity contribution in [2.24, 2.45) is 45.9 Å². The normalized spacial score (nSPS) is 30.1. The Balaban J connectivity index is 0.884. The van der Waals surface area contributed by atoms with Gasteiger partial charge < -0.3 is 41.8 Å². The number of rotatable bonds is 16. The summed E-state index contributed by atoms with van der Waals surface area (Å²) in [6.07, 6.45) is 13.3. The molecular formula is C45H58N8O10S. The average molecular weight is 903 g/mol. The lowest BCUT2D eigenvalue weighted by atomic mass is 9.72. The molecular weight excluding hydrogens is 845 g/mol. The summed E-state index contributed by atoms with van der Waals surface area (Å²) in [6.45, 7) is 5.25. The van der Waals surface area contributed by atoms with Gasteiger partial charge in [0, 0.05) is 36.1 Å². The van der Waals surface area contributed by atoms with Crippen molar-refractivity contribution < 1.29 is 44.1 Å². The van der Waals surface area contributed by atoms with Gasteiger partial charge in [0.15, 0.2) is 11.4 Å². The van der Waals surface area contributed by atoms with Crippen LogP contribution in [0.3, 0.4) is 0 Å². The van der Waals surface area contributed by atoms with Crippen molar-refractivity contribution in [2.75, 3.05) is 6.54 Å². The van der Waals surface area contributed by atoms with E-state index >= 15 is 0 Å². The lowest BCUT2D eigenvalue weighted by molar-refractivity contribution is -0.161. The predicted molar refractivity (Wildman–Crippen MR) is 234 cm³/mol. The maximum atomic E-state index is 14.1. The first-order valence-corrected chi connectivity index (χ1v) is 23.8. The number of β-lactam (4-membered cyclic amide) rings is 1. The fourth-order valence-electron chi connectivity index (χ4n) is 11.5. The summed E-state index contributed by atoms with van der Waals surface area (Å²) >= 11 is 1.18. The topological polar surface area (TPSA) is 268 Å². The van der Waals surface area contributed by atoms with E-state index in [2.05, 4.69) is 26.2 Å². The Bertz CT molecular complexity index is 2380. The van der Waals surface area contributed by atoms with Gasteiger partial charge in [-0.3, -0.25) is 28.8 Å². The van der Waals surface area contributed by atoms with Crippen molar-refractivity contribution >= 4 is 53.2 Å². The number of nitrogens with one attached hydrogen (secondary N) is 3. The minimum absolute atomic E-state index is 0.0200. The number of oxime groups is 1. The second-order valence-corrected chi connectivity index (χ2v) is 20.5. The molecule has 1 aromatic rings. The minimum atomic E-state index is -1.76. The van der Waals surface area contributed by atoms with Crippen LogP contribution >= 0.6 is 11.8 Å². The average Bonchev–Trinajstić information content (AvgIpc) is 4.14. The molecule has 4 saturated carbocycles. The van der Waals surface area contributed by atoms with Crippen molar-refractivity contribution in [3.8, 4) is 0 Å². The molecule has 18 nitrogen and oxygen atoms in total. The number of allylic oxidation sites excluding steroid dienone is 2. The predicted octanol–water partition coefficient (Wildman–Crippen LogP) is 3.72. The molecule has 4 heterocycles. The van der Waals surface area contributed by atoms with Gasteiger partial charge in [0.2, 0.25) is 11.0 Å². The standard InChI is InChI=1S/C45H58N8O10S/c1-4-52-29-19-30(54)25(24-10-11-24)18-26(29)35(55)33(50-52)37(56)47-17-14-23-9-7-5-6-8-22(23)12-13-27-34(40(59)60)53-39(58)36(45(53)20-31(45)44(27)15-16-44)49-38(57)32(28-21-64-42(46)48-28)51-63-43(2,3)41(61)62/h19,21-25,31,36,42,48,54H,4-18,20,46H2,1-3H3,(H,47,56)(H,49,57)(H,59,60)(H,61,62)/b51-32-/t22-,23?,25?,31?,36-,42?,45-/m1/s1. The van der Waals surface area contributed by atoms with Crippen molar-refractivity contribution in [3.05, 3.63) is 55.3 Å². The van der Waals surface area contributed by atoms with Gasteiger partial charge in [0.25, 0.3) is 17.7 Å². The van der Waals surface area contributed by atoms with E-state index in [9.17, 15) is 44.1 Å². The third kappa shape index (κ3) is 7.49. The number of thioether (sulfide) groups is 1. The molecule has 2 spiro atoms. The fourth-order valence-corrected chi connectivity index (χ4v) is 12.2. The van der Waals surface area contributed by atoms with E-state index in [0.717, 1.165) is 69.8 Å². The summed E-state index contributed by atoms with van der Waals surface area (Å²) in [7, 11) is 0. The molecule has 64 heavy (non-hydrogen) atoms. The third-order valence-corrected chi connectivity index (χ3v) is 16.1. The van der Waals surface area contributed by atoms with E-state index in [1.54, 1.807) is 16.2 Å². The number of amides is 3. The van der Waals surface area contributed by atoms with Crippen molar-refractivity contribution in [3.63, 3.8) is 0 Å². The molecule has 344 valence electrons. The van der Waals surface area contributed by atoms with E-state index in [1.165, 1.54) is 30.5 Å². The number of carbonyl (C=O) groups excluding carboxylic acids is 3. The number of aliphatic carboxylic acids is 2. The molecule has 1 aromatic heterocycles. The van der Waals surface area contributed by atoms with E-state index in [4.69, 9.17) is 10.6 Å². The maximum Gasteiger partial charge on any atom is 0.352 e. The Morgan fingerprint density at radius 3 is 2.42 bits per heavy atom. The van der Waals surface area contributed by atoms with Crippen LogP contribution in [0.15, 0.2) is 38.1 Å². The van der Waals surface area contributed by atoms with E-state index < -0.39 is 52.3 Å². The van der Waals surface area contributed by atoms with Crippen LogP contribution in [0.25, 0.3) is 6.08 Å². The highest BCUT2D eigenvalue weighted by Gasteiger charge is 2.84. The molecule has 3 aliphatic heterocycles. The largest absolute Gasteiger partial charge is 0.512 e. The Kier molecular flexibility index (Phi) is 11.3. The molecule has 4 unspecified atom stereocenters. The molecule has 0 radical (unpaired) electrons. The number of hydrogen-bond acceptors (Lipinski definition) is 13. The molecule has 0 bridgehead atoms. The number of aliphatic hydroxyl groups excluding tert-OH is 1. The smallest absolute Gasteiger partial charge is 0.352 e. The van der Waals surface area contributed by atoms with Gasteiger partial charge in [0.05, 0.1) is 22.7 Å². The SMILES string of the molecule is CCn1nc(C(=O)NCCC2CCCCC[C@@H]2CCC2=C(C(=O)O)N3C(=O)[C@@H](NC(=O)/C(=N\OC(C)(C)C(=O)O)C4=CSC(N)N4)[C@]34CC4C23CC3)c(=O)c2c1C=C(O)C(C1CC1)C2. The third-order valence-electron chi connectivity index (χ3n) is 15.4. The van der Waals surface area contributed by atoms with Gasteiger partial charge in [0.1, 0.15) is 17.2 Å². The molecule has 3 amide bonds. The first-order valence-electron chi connectivity index (χ1n) is 22.8. The highest BCUT2D eigenvalue weighted by atomic mass is 32.2. The fraction of sp³-hybridized carbons (Fsp3) is 0.644. The molecule has 8 N–H and O–H groups in total. The lowest BCUT2D eigenvalue weighted by Gasteiger charge is -2.53. The monoisotopic (exact) mass is 902 g/mol. The zero-order valence-corrected chi connectivity index (χ0v) is 37.3. The van der Waals surface area contributed by atoms with Crippen LogP contribution in [0.5, 0.6) is 0 Å². The number of aliphatic hydroxyl groups is 1. The highest BCUT2D eigenvalue weighted by molar-refractivity contribution is 8.02. The number of carboxylic acids is 2. The van der Waals surface area contributed by atoms with Crippen LogP contribution in [0, 0.1) is 35.0 Å². The lowest BCUT2D eigenvalue weighted by Crippen LogP contribution is -2.75. The van der Waals surface area contributed by atoms with Gasteiger partial charge in [-0.25, -0.2) is 9.59 Å². The van der Waals surface area contributed by atoms with E-state index in [0.29, 0.717) is 55.9 Å². The summed E-state index contributed by atoms with van der Waals surface area (Å²) in [5.41, 5.74) is 3.68. The van der Waals surface area contributed by atoms with Gasteiger partial charge in [-0.2, -0.15) is 5.10 Å². The van der Waals surface area contributed by atoms with Gasteiger partial charge in [-0.15, -0.1) is 0 Å². The zero-order chi connectivity index (χ0) is 45.5. The number of nitrogens with two attached hydrogens (primary N) is 1. The summed E-state index contributed by atoms with van der Waals surface area (Å²) in [4.78, 5) is 86.9. The zero-order valence-electron chi connectivity index (χ0n) is 36.5. The highest BCUT2D eigenvalue weighted by Crippen LogP contribution is 2.78. The van der Waals surface area contributed by atoms with Crippen LogP contribution in [0.1, 0.15) is 126 Å². The van der Waals surface area contributed by atoms with Gasteiger partial charge >= 0.3 is 11.9 Å². The molecule has 0 aromatic carbocycles. The minimum Gasteiger partial charge on any atom is -0.512 e. The van der Waals surface area contributed by atoms with Crippen LogP contribution in [-0.2, 0) is 37.0 Å². The summed E-state index contributed by atoms with van der Waals surface area (Å²) < 4.78 is 1.62. The number of carbonyl (C=O) groups is 5. The summed E-state index contributed by atoms with van der Waals surface area (Å²) in [5.74, 6) is -3.27.